The van der Waals surface area contributed by atoms with Crippen LogP contribution in [0.4, 0.5) is 4.39 Å². The van der Waals surface area contributed by atoms with Crippen LogP contribution in [0.2, 0.25) is 0 Å². The summed E-state index contributed by atoms with van der Waals surface area (Å²) >= 11 is 0. The Morgan fingerprint density at radius 2 is 2.20 bits per heavy atom. The van der Waals surface area contributed by atoms with Crippen molar-refractivity contribution < 1.29 is 13.7 Å². The SMILES string of the molecule is C[C@H]1C[C@@H](NC(=O)c2cc(-c3cccc(F)c3)on2)C1. The Kier molecular flexibility index (Phi) is 3.26. The van der Waals surface area contributed by atoms with Crippen molar-refractivity contribution in [3.05, 3.63) is 41.8 Å². The summed E-state index contributed by atoms with van der Waals surface area (Å²) in [6.07, 6.45) is 2.00. The van der Waals surface area contributed by atoms with Gasteiger partial charge in [0.05, 0.1) is 0 Å². The molecule has 0 spiro atoms. The molecule has 0 bridgehead atoms. The van der Waals surface area contributed by atoms with E-state index in [0.717, 1.165) is 12.8 Å². The van der Waals surface area contributed by atoms with Gasteiger partial charge in [0.25, 0.3) is 5.91 Å². The molecule has 2 aromatic rings. The summed E-state index contributed by atoms with van der Waals surface area (Å²) in [7, 11) is 0. The van der Waals surface area contributed by atoms with Crippen molar-refractivity contribution in [1.29, 1.82) is 0 Å². The number of carbonyl (C=O) groups is 1. The molecular formula is C15H15FN2O2. The molecule has 1 fully saturated rings. The van der Waals surface area contributed by atoms with E-state index in [9.17, 15) is 9.18 Å². The van der Waals surface area contributed by atoms with Gasteiger partial charge >= 0.3 is 0 Å². The van der Waals surface area contributed by atoms with Crippen molar-refractivity contribution in [3.63, 3.8) is 0 Å². The number of nitrogens with zero attached hydrogens (tertiary/aromatic N) is 1. The second-order valence-electron chi connectivity index (χ2n) is 5.33. The number of aromatic nitrogens is 1. The van der Waals surface area contributed by atoms with E-state index in [1.165, 1.54) is 18.2 Å². The molecule has 1 N–H and O–H groups in total. The first kappa shape index (κ1) is 12.8. The van der Waals surface area contributed by atoms with Gasteiger partial charge in [-0.1, -0.05) is 24.2 Å². The summed E-state index contributed by atoms with van der Waals surface area (Å²) in [5.41, 5.74) is 0.789. The molecule has 0 atom stereocenters. The molecule has 1 aromatic heterocycles. The second-order valence-corrected chi connectivity index (χ2v) is 5.33. The first-order valence-corrected chi connectivity index (χ1v) is 6.65. The quantitative estimate of drug-likeness (QED) is 0.936. The lowest BCUT2D eigenvalue weighted by Gasteiger charge is -2.32. The van der Waals surface area contributed by atoms with Gasteiger partial charge in [-0.15, -0.1) is 0 Å². The van der Waals surface area contributed by atoms with E-state index in [2.05, 4.69) is 17.4 Å². The molecule has 5 heteroatoms. The highest BCUT2D eigenvalue weighted by Gasteiger charge is 2.27. The first-order chi connectivity index (χ1) is 9.61. The number of amides is 1. The maximum Gasteiger partial charge on any atom is 0.273 e. The zero-order valence-electron chi connectivity index (χ0n) is 11.1. The molecule has 1 amide bonds. The Labute approximate surface area is 116 Å². The lowest BCUT2D eigenvalue weighted by molar-refractivity contribution is 0.0887. The third kappa shape index (κ3) is 2.57. The molecule has 4 nitrogen and oxygen atoms in total. The van der Waals surface area contributed by atoms with Gasteiger partial charge in [0, 0.05) is 17.7 Å². The minimum absolute atomic E-state index is 0.226. The van der Waals surface area contributed by atoms with E-state index < -0.39 is 0 Å². The molecule has 1 saturated carbocycles. The largest absolute Gasteiger partial charge is 0.355 e. The molecule has 1 aliphatic carbocycles. The van der Waals surface area contributed by atoms with Crippen LogP contribution in [-0.4, -0.2) is 17.1 Å². The van der Waals surface area contributed by atoms with Crippen LogP contribution in [0.3, 0.4) is 0 Å². The van der Waals surface area contributed by atoms with Gasteiger partial charge < -0.3 is 9.84 Å². The van der Waals surface area contributed by atoms with Crippen molar-refractivity contribution in [1.82, 2.24) is 10.5 Å². The van der Waals surface area contributed by atoms with Gasteiger partial charge in [0.15, 0.2) is 11.5 Å². The summed E-state index contributed by atoms with van der Waals surface area (Å²) in [6, 6.07) is 7.75. The Hall–Kier alpha value is -2.17. The lowest BCUT2D eigenvalue weighted by Crippen LogP contribution is -2.43. The number of halogens is 1. The highest BCUT2D eigenvalue weighted by atomic mass is 19.1. The van der Waals surface area contributed by atoms with Crippen LogP contribution in [-0.2, 0) is 0 Å². The smallest absolute Gasteiger partial charge is 0.273 e. The molecule has 0 saturated heterocycles. The summed E-state index contributed by atoms with van der Waals surface area (Å²) in [4.78, 5) is 12.0. The van der Waals surface area contributed by atoms with E-state index in [1.54, 1.807) is 12.1 Å². The molecule has 1 heterocycles. The number of carbonyl (C=O) groups excluding carboxylic acids is 1. The summed E-state index contributed by atoms with van der Waals surface area (Å²) in [5.74, 6) is 0.457. The predicted molar refractivity (Wildman–Crippen MR) is 71.5 cm³/mol. The zero-order valence-corrected chi connectivity index (χ0v) is 11.1. The van der Waals surface area contributed by atoms with Crippen molar-refractivity contribution in [2.45, 2.75) is 25.8 Å². The van der Waals surface area contributed by atoms with Gasteiger partial charge in [-0.3, -0.25) is 4.79 Å². The van der Waals surface area contributed by atoms with Crippen LogP contribution < -0.4 is 5.32 Å². The van der Waals surface area contributed by atoms with E-state index >= 15 is 0 Å². The zero-order chi connectivity index (χ0) is 14.1. The van der Waals surface area contributed by atoms with Crippen molar-refractivity contribution in [3.8, 4) is 11.3 Å². The highest BCUT2D eigenvalue weighted by molar-refractivity contribution is 5.93. The van der Waals surface area contributed by atoms with Gasteiger partial charge in [0.1, 0.15) is 5.82 Å². The van der Waals surface area contributed by atoms with Gasteiger partial charge in [0.2, 0.25) is 0 Å². The van der Waals surface area contributed by atoms with Crippen LogP contribution in [0.15, 0.2) is 34.9 Å². The highest BCUT2D eigenvalue weighted by Crippen LogP contribution is 2.27. The number of hydrogen-bond donors (Lipinski definition) is 1. The van der Waals surface area contributed by atoms with E-state index in [1.807, 2.05) is 0 Å². The molecule has 3 rings (SSSR count). The van der Waals surface area contributed by atoms with E-state index in [0.29, 0.717) is 17.2 Å². The Morgan fingerprint density at radius 1 is 1.40 bits per heavy atom. The van der Waals surface area contributed by atoms with Crippen LogP contribution in [0, 0.1) is 11.7 Å². The van der Waals surface area contributed by atoms with Crippen LogP contribution >= 0.6 is 0 Å². The van der Waals surface area contributed by atoms with Crippen molar-refractivity contribution >= 4 is 5.91 Å². The molecule has 20 heavy (non-hydrogen) atoms. The van der Waals surface area contributed by atoms with E-state index in [4.69, 9.17) is 4.52 Å². The molecule has 0 radical (unpaired) electrons. The first-order valence-electron chi connectivity index (χ1n) is 6.65. The minimum Gasteiger partial charge on any atom is -0.355 e. The van der Waals surface area contributed by atoms with Gasteiger partial charge in [-0.25, -0.2) is 4.39 Å². The molecular weight excluding hydrogens is 259 g/mol. The standard InChI is InChI=1S/C15H15FN2O2/c1-9-5-12(6-9)17-15(19)13-8-14(20-18-13)10-3-2-4-11(16)7-10/h2-4,7-9,12H,5-6H2,1H3,(H,17,19)/t9-,12+. The average Bonchev–Trinajstić information content (AvgIpc) is 2.86. The molecule has 0 aliphatic heterocycles. The monoisotopic (exact) mass is 274 g/mol. The summed E-state index contributed by atoms with van der Waals surface area (Å²) in [5, 5.41) is 6.65. The number of hydrogen-bond acceptors (Lipinski definition) is 3. The van der Waals surface area contributed by atoms with Crippen molar-refractivity contribution in [2.24, 2.45) is 5.92 Å². The fourth-order valence-electron chi connectivity index (χ4n) is 2.44. The lowest BCUT2D eigenvalue weighted by atomic mass is 9.82. The third-order valence-corrected chi connectivity index (χ3v) is 3.56. The fourth-order valence-corrected chi connectivity index (χ4v) is 2.44. The number of rotatable bonds is 3. The molecule has 1 aliphatic rings. The van der Waals surface area contributed by atoms with E-state index in [-0.39, 0.29) is 23.5 Å². The number of benzene rings is 1. The second kappa shape index (κ2) is 5.07. The normalized spacial score (nSPS) is 21.3. The Bertz CT molecular complexity index is 632. The maximum atomic E-state index is 13.1. The predicted octanol–water partition coefficient (Wildman–Crippen LogP) is 3.01. The summed E-state index contributed by atoms with van der Waals surface area (Å²) < 4.78 is 18.2. The maximum absolute atomic E-state index is 13.1. The number of nitrogens with one attached hydrogen (secondary N) is 1. The van der Waals surface area contributed by atoms with Crippen LogP contribution in [0.25, 0.3) is 11.3 Å². The Morgan fingerprint density at radius 3 is 2.90 bits per heavy atom. The van der Waals surface area contributed by atoms with Gasteiger partial charge in [-0.05, 0) is 30.9 Å². The van der Waals surface area contributed by atoms with Gasteiger partial charge in [-0.2, -0.15) is 0 Å². The fraction of sp³-hybridized carbons (Fsp3) is 0.333. The van der Waals surface area contributed by atoms with Crippen LogP contribution in [0.1, 0.15) is 30.3 Å². The topological polar surface area (TPSA) is 55.1 Å². The average molecular weight is 274 g/mol. The van der Waals surface area contributed by atoms with Crippen molar-refractivity contribution in [2.75, 3.05) is 0 Å². The Balaban J connectivity index is 1.71. The molecule has 104 valence electrons. The third-order valence-electron chi connectivity index (χ3n) is 3.56. The molecule has 0 unspecified atom stereocenters. The minimum atomic E-state index is -0.353. The molecule has 1 aromatic carbocycles. The van der Waals surface area contributed by atoms with Crippen LogP contribution in [0.5, 0.6) is 0 Å². The summed E-state index contributed by atoms with van der Waals surface area (Å²) in [6.45, 7) is 2.15.